The van der Waals surface area contributed by atoms with Crippen LogP contribution >= 0.6 is 11.8 Å². The van der Waals surface area contributed by atoms with Crippen LogP contribution in [-0.2, 0) is 0 Å². The summed E-state index contributed by atoms with van der Waals surface area (Å²) in [4.78, 5) is 11.6. The van der Waals surface area contributed by atoms with Crippen LogP contribution in [0.2, 0.25) is 0 Å². The Morgan fingerprint density at radius 1 is 1.14 bits per heavy atom. The first-order chi connectivity index (χ1) is 10.5. The molecule has 0 aromatic heterocycles. The summed E-state index contributed by atoms with van der Waals surface area (Å²) in [5.41, 5.74) is -0.162. The third-order valence-corrected chi connectivity index (χ3v) is 3.88. The van der Waals surface area contributed by atoms with Crippen molar-refractivity contribution < 1.29 is 20.1 Å². The van der Waals surface area contributed by atoms with Gasteiger partial charge in [-0.15, -0.1) is 0 Å². The van der Waals surface area contributed by atoms with Gasteiger partial charge in [-0.2, -0.15) is 10.5 Å². The molecule has 7 heteroatoms. The van der Waals surface area contributed by atoms with Gasteiger partial charge in [0.05, 0.1) is 16.0 Å². The van der Waals surface area contributed by atoms with E-state index in [2.05, 4.69) is 0 Å². The molecule has 0 spiro atoms. The highest BCUT2D eigenvalue weighted by molar-refractivity contribution is 7.99. The molecule has 0 saturated carbocycles. The molecule has 2 rings (SSSR count). The Labute approximate surface area is 129 Å². The molecule has 0 amide bonds. The SMILES string of the molecule is N#Cc1cc(O)c(O)c(C#N)c1Sc1cccc(C(=O)O)c1. The summed E-state index contributed by atoms with van der Waals surface area (Å²) in [7, 11) is 0. The van der Waals surface area contributed by atoms with E-state index in [9.17, 15) is 15.0 Å². The highest BCUT2D eigenvalue weighted by atomic mass is 32.2. The number of carboxylic acid groups (broad SMARTS) is 1. The Hall–Kier alpha value is -3.16. The largest absolute Gasteiger partial charge is 0.504 e. The molecule has 0 bridgehead atoms. The lowest BCUT2D eigenvalue weighted by Gasteiger charge is -2.09. The van der Waals surface area contributed by atoms with Gasteiger partial charge in [-0.25, -0.2) is 4.79 Å². The molecule has 0 unspecified atom stereocenters. The summed E-state index contributed by atoms with van der Waals surface area (Å²) in [6.07, 6.45) is 0. The van der Waals surface area contributed by atoms with Crippen LogP contribution in [0.5, 0.6) is 11.5 Å². The van der Waals surface area contributed by atoms with Gasteiger partial charge < -0.3 is 15.3 Å². The zero-order valence-corrected chi connectivity index (χ0v) is 11.8. The van der Waals surface area contributed by atoms with Gasteiger partial charge in [-0.05, 0) is 18.2 Å². The van der Waals surface area contributed by atoms with Crippen molar-refractivity contribution in [1.82, 2.24) is 0 Å². The number of nitrogens with zero attached hydrogens (tertiary/aromatic N) is 2. The number of nitriles is 2. The molecular weight excluding hydrogens is 304 g/mol. The maximum Gasteiger partial charge on any atom is 0.335 e. The van der Waals surface area contributed by atoms with Crippen molar-refractivity contribution in [3.8, 4) is 23.6 Å². The summed E-state index contributed by atoms with van der Waals surface area (Å²) in [5, 5.41) is 46.5. The zero-order chi connectivity index (χ0) is 16.3. The number of aromatic hydroxyl groups is 2. The maximum absolute atomic E-state index is 11.0. The molecule has 0 aliphatic carbocycles. The van der Waals surface area contributed by atoms with Crippen molar-refractivity contribution in [3.63, 3.8) is 0 Å². The third-order valence-electron chi connectivity index (χ3n) is 2.77. The highest BCUT2D eigenvalue weighted by Gasteiger charge is 2.19. The summed E-state index contributed by atoms with van der Waals surface area (Å²) in [6, 6.07) is 10.6. The summed E-state index contributed by atoms with van der Waals surface area (Å²) >= 11 is 0.965. The number of phenolic OH excluding ortho intramolecular Hbond substituents is 2. The van der Waals surface area contributed by atoms with Crippen molar-refractivity contribution in [2.75, 3.05) is 0 Å². The number of benzene rings is 2. The molecule has 3 N–H and O–H groups in total. The molecule has 0 aliphatic heterocycles. The van der Waals surface area contributed by atoms with Gasteiger partial charge in [0.25, 0.3) is 0 Å². The van der Waals surface area contributed by atoms with Crippen molar-refractivity contribution in [2.45, 2.75) is 9.79 Å². The Morgan fingerprint density at radius 2 is 1.86 bits per heavy atom. The first kappa shape index (κ1) is 15.2. The van der Waals surface area contributed by atoms with Crippen LogP contribution in [0.25, 0.3) is 0 Å². The Morgan fingerprint density at radius 3 is 2.45 bits per heavy atom. The van der Waals surface area contributed by atoms with Gasteiger partial charge >= 0.3 is 5.97 Å². The molecule has 0 aliphatic rings. The van der Waals surface area contributed by atoms with E-state index in [-0.39, 0.29) is 21.6 Å². The van der Waals surface area contributed by atoms with Crippen LogP contribution in [0.15, 0.2) is 40.1 Å². The first-order valence-electron chi connectivity index (χ1n) is 5.88. The summed E-state index contributed by atoms with van der Waals surface area (Å²) < 4.78 is 0. The number of aromatic carboxylic acids is 1. The minimum Gasteiger partial charge on any atom is -0.504 e. The lowest BCUT2D eigenvalue weighted by atomic mass is 10.1. The van der Waals surface area contributed by atoms with Crippen molar-refractivity contribution in [3.05, 3.63) is 47.0 Å². The van der Waals surface area contributed by atoms with E-state index in [4.69, 9.17) is 15.6 Å². The molecular formula is C15H8N2O4S. The molecule has 2 aromatic carbocycles. The molecule has 108 valence electrons. The standard InChI is InChI=1S/C15H8N2O4S/c16-6-9-5-12(18)13(19)11(7-17)14(9)22-10-3-1-2-8(4-10)15(20)21/h1-5,18-19H,(H,20,21). The normalized spacial score (nSPS) is 9.73. The predicted molar refractivity (Wildman–Crippen MR) is 76.7 cm³/mol. The van der Waals surface area contributed by atoms with E-state index in [1.54, 1.807) is 12.1 Å². The van der Waals surface area contributed by atoms with Gasteiger partial charge in [-0.3, -0.25) is 0 Å². The minimum absolute atomic E-state index is 0.0116. The molecule has 0 fully saturated rings. The second-order valence-electron chi connectivity index (χ2n) is 4.15. The van der Waals surface area contributed by atoms with Crippen LogP contribution in [0.4, 0.5) is 0 Å². The fourth-order valence-electron chi connectivity index (χ4n) is 1.74. The Bertz CT molecular complexity index is 850. The first-order valence-corrected chi connectivity index (χ1v) is 6.70. The van der Waals surface area contributed by atoms with E-state index >= 15 is 0 Å². The van der Waals surface area contributed by atoms with E-state index in [1.165, 1.54) is 18.2 Å². The molecule has 22 heavy (non-hydrogen) atoms. The minimum atomic E-state index is -1.10. The van der Waals surface area contributed by atoms with E-state index in [1.807, 2.05) is 6.07 Å². The molecule has 0 atom stereocenters. The Balaban J connectivity index is 2.57. The van der Waals surface area contributed by atoms with Crippen LogP contribution in [0.1, 0.15) is 21.5 Å². The summed E-state index contributed by atoms with van der Waals surface area (Å²) in [6.45, 7) is 0. The Kier molecular flexibility index (Phi) is 4.21. The van der Waals surface area contributed by atoms with E-state index in [0.29, 0.717) is 4.90 Å². The van der Waals surface area contributed by atoms with Gasteiger partial charge in [0.15, 0.2) is 11.5 Å². The van der Waals surface area contributed by atoms with E-state index in [0.717, 1.165) is 17.8 Å². The lowest BCUT2D eigenvalue weighted by Crippen LogP contribution is -1.95. The molecule has 6 nitrogen and oxygen atoms in total. The molecule has 0 heterocycles. The molecule has 0 saturated heterocycles. The number of carboxylic acids is 1. The lowest BCUT2D eigenvalue weighted by molar-refractivity contribution is 0.0696. The van der Waals surface area contributed by atoms with Gasteiger partial charge in [0.2, 0.25) is 0 Å². The van der Waals surface area contributed by atoms with Gasteiger partial charge in [0.1, 0.15) is 17.7 Å². The topological polar surface area (TPSA) is 125 Å². The smallest absolute Gasteiger partial charge is 0.335 e. The number of carbonyl (C=O) groups is 1. The molecule has 2 aromatic rings. The van der Waals surface area contributed by atoms with Crippen molar-refractivity contribution in [2.24, 2.45) is 0 Å². The number of hydrogen-bond donors (Lipinski definition) is 3. The van der Waals surface area contributed by atoms with Crippen molar-refractivity contribution in [1.29, 1.82) is 10.5 Å². The quantitative estimate of drug-likeness (QED) is 0.744. The van der Waals surface area contributed by atoms with Crippen LogP contribution < -0.4 is 0 Å². The van der Waals surface area contributed by atoms with Crippen LogP contribution in [0, 0.1) is 22.7 Å². The summed E-state index contributed by atoms with van der Waals surface area (Å²) in [5.74, 6) is -2.27. The monoisotopic (exact) mass is 312 g/mol. The zero-order valence-electron chi connectivity index (χ0n) is 10.9. The number of phenols is 2. The number of hydrogen-bond acceptors (Lipinski definition) is 6. The molecule has 0 radical (unpaired) electrons. The van der Waals surface area contributed by atoms with Gasteiger partial charge in [0, 0.05) is 11.0 Å². The fourth-order valence-corrected chi connectivity index (χ4v) is 2.77. The van der Waals surface area contributed by atoms with Crippen LogP contribution in [0.3, 0.4) is 0 Å². The average Bonchev–Trinajstić information content (AvgIpc) is 2.51. The second kappa shape index (κ2) is 6.08. The maximum atomic E-state index is 11.0. The average molecular weight is 312 g/mol. The van der Waals surface area contributed by atoms with E-state index < -0.39 is 17.5 Å². The van der Waals surface area contributed by atoms with Gasteiger partial charge in [-0.1, -0.05) is 17.8 Å². The highest BCUT2D eigenvalue weighted by Crippen LogP contribution is 2.41. The number of rotatable bonds is 3. The predicted octanol–water partition coefficient (Wildman–Crippen LogP) is 2.69. The second-order valence-corrected chi connectivity index (χ2v) is 5.24. The van der Waals surface area contributed by atoms with Crippen molar-refractivity contribution >= 4 is 17.7 Å². The van der Waals surface area contributed by atoms with Crippen LogP contribution in [-0.4, -0.2) is 21.3 Å². The third kappa shape index (κ3) is 2.80. The fraction of sp³-hybridized carbons (Fsp3) is 0.